The lowest BCUT2D eigenvalue weighted by Gasteiger charge is -2.38. The topological polar surface area (TPSA) is 50.1 Å². The van der Waals surface area contributed by atoms with Crippen molar-refractivity contribution in [3.63, 3.8) is 0 Å². The second-order valence-electron chi connectivity index (χ2n) is 12.9. The van der Waals surface area contributed by atoms with Gasteiger partial charge in [0.05, 0.1) is 17.4 Å². The molecule has 3 fully saturated rings. The standard InChI is InChI=1S/C33H57NO2/c1-3-5-7-9-11-23-33(26-34)24-21-31(22-25-33)36-32(35)30-19-17-29(18-20-30)28-15-13-27(14-16-28)12-10-8-6-4-2/h27-31H,3-25H2,1-2H3/t27-,28-,29-,30-,31?,33?. The Kier molecular flexibility index (Phi) is 13.1. The molecule has 0 atom stereocenters. The van der Waals surface area contributed by atoms with Crippen molar-refractivity contribution in [1.29, 1.82) is 5.26 Å². The molecular weight excluding hydrogens is 442 g/mol. The molecule has 206 valence electrons. The van der Waals surface area contributed by atoms with Crippen molar-refractivity contribution in [2.45, 2.75) is 168 Å². The summed E-state index contributed by atoms with van der Waals surface area (Å²) in [5, 5.41) is 9.86. The molecule has 0 N–H and O–H groups in total. The number of nitrogens with zero attached hydrogens (tertiary/aromatic N) is 1. The minimum absolute atomic E-state index is 0.0457. The van der Waals surface area contributed by atoms with E-state index in [1.165, 1.54) is 103 Å². The van der Waals surface area contributed by atoms with E-state index in [4.69, 9.17) is 4.74 Å². The van der Waals surface area contributed by atoms with E-state index in [2.05, 4.69) is 19.9 Å². The number of carbonyl (C=O) groups is 1. The number of esters is 1. The maximum atomic E-state index is 13.0. The molecule has 36 heavy (non-hydrogen) atoms. The summed E-state index contributed by atoms with van der Waals surface area (Å²) >= 11 is 0. The van der Waals surface area contributed by atoms with Gasteiger partial charge in [0, 0.05) is 0 Å². The van der Waals surface area contributed by atoms with Crippen LogP contribution in [0.2, 0.25) is 0 Å². The van der Waals surface area contributed by atoms with Gasteiger partial charge in [0.25, 0.3) is 0 Å². The van der Waals surface area contributed by atoms with E-state index in [1.54, 1.807) is 0 Å². The average molecular weight is 500 g/mol. The van der Waals surface area contributed by atoms with E-state index < -0.39 is 0 Å². The highest BCUT2D eigenvalue weighted by Gasteiger charge is 2.38. The van der Waals surface area contributed by atoms with Crippen molar-refractivity contribution in [1.82, 2.24) is 0 Å². The Morgan fingerprint density at radius 3 is 1.89 bits per heavy atom. The third-order valence-corrected chi connectivity index (χ3v) is 10.3. The van der Waals surface area contributed by atoms with Gasteiger partial charge in [-0.05, 0) is 88.4 Å². The van der Waals surface area contributed by atoms with Gasteiger partial charge >= 0.3 is 5.97 Å². The molecule has 0 unspecified atom stereocenters. The maximum absolute atomic E-state index is 13.0. The Morgan fingerprint density at radius 1 is 0.750 bits per heavy atom. The van der Waals surface area contributed by atoms with Crippen LogP contribution >= 0.6 is 0 Å². The number of rotatable bonds is 14. The predicted molar refractivity (Wildman–Crippen MR) is 149 cm³/mol. The van der Waals surface area contributed by atoms with Crippen LogP contribution in [-0.4, -0.2) is 12.1 Å². The third-order valence-electron chi connectivity index (χ3n) is 10.3. The van der Waals surface area contributed by atoms with Crippen LogP contribution in [0.3, 0.4) is 0 Å². The van der Waals surface area contributed by atoms with Crippen LogP contribution in [0.5, 0.6) is 0 Å². The van der Waals surface area contributed by atoms with Gasteiger partial charge in [-0.1, -0.05) is 90.9 Å². The molecule has 0 aromatic carbocycles. The second kappa shape index (κ2) is 16.0. The SMILES string of the molecule is CCCCCCCC1(C#N)CCC(OC(=O)[C@H]2CC[C@H]([C@H]3CC[C@H](CCCCCC)CC3)CC2)CC1. The molecule has 0 bridgehead atoms. The largest absolute Gasteiger partial charge is 0.462 e. The molecule has 0 aromatic heterocycles. The second-order valence-corrected chi connectivity index (χ2v) is 12.9. The van der Waals surface area contributed by atoms with Crippen LogP contribution in [0.25, 0.3) is 0 Å². The van der Waals surface area contributed by atoms with E-state index in [1.807, 2.05) is 0 Å². The van der Waals surface area contributed by atoms with Gasteiger partial charge in [-0.3, -0.25) is 4.79 Å². The van der Waals surface area contributed by atoms with Crippen molar-refractivity contribution >= 4 is 5.97 Å². The van der Waals surface area contributed by atoms with Crippen LogP contribution in [0, 0.1) is 40.4 Å². The summed E-state index contributed by atoms with van der Waals surface area (Å²) in [5.74, 6) is 2.93. The fraction of sp³-hybridized carbons (Fsp3) is 0.939. The van der Waals surface area contributed by atoms with Gasteiger partial charge in [0.2, 0.25) is 0 Å². The van der Waals surface area contributed by atoms with Crippen molar-refractivity contribution in [2.24, 2.45) is 29.1 Å². The fourth-order valence-electron chi connectivity index (χ4n) is 7.64. The Morgan fingerprint density at radius 2 is 1.31 bits per heavy atom. The summed E-state index contributed by atoms with van der Waals surface area (Å²) < 4.78 is 6.03. The zero-order valence-corrected chi connectivity index (χ0v) is 23.9. The molecule has 0 spiro atoms. The van der Waals surface area contributed by atoms with E-state index in [0.29, 0.717) is 0 Å². The van der Waals surface area contributed by atoms with Crippen LogP contribution in [0.1, 0.15) is 162 Å². The number of carbonyl (C=O) groups excluding carboxylic acids is 1. The molecule has 0 radical (unpaired) electrons. The van der Waals surface area contributed by atoms with Crippen molar-refractivity contribution in [3.8, 4) is 6.07 Å². The lowest BCUT2D eigenvalue weighted by Crippen LogP contribution is -2.34. The summed E-state index contributed by atoms with van der Waals surface area (Å²) in [6, 6.07) is 2.66. The van der Waals surface area contributed by atoms with Crippen LogP contribution in [0.4, 0.5) is 0 Å². The first-order valence-electron chi connectivity index (χ1n) is 16.2. The van der Waals surface area contributed by atoms with Crippen LogP contribution < -0.4 is 0 Å². The monoisotopic (exact) mass is 499 g/mol. The van der Waals surface area contributed by atoms with Gasteiger partial charge in [-0.25, -0.2) is 0 Å². The molecule has 0 heterocycles. The molecule has 3 heteroatoms. The minimum atomic E-state index is -0.165. The zero-order chi connectivity index (χ0) is 25.6. The van der Waals surface area contributed by atoms with E-state index in [0.717, 1.165) is 62.7 Å². The lowest BCUT2D eigenvalue weighted by atomic mass is 9.68. The molecule has 0 saturated heterocycles. The lowest BCUT2D eigenvalue weighted by molar-refractivity contribution is -0.158. The number of ether oxygens (including phenoxy) is 1. The smallest absolute Gasteiger partial charge is 0.309 e. The predicted octanol–water partition coefficient (Wildman–Crippen LogP) is 9.93. The van der Waals surface area contributed by atoms with Gasteiger partial charge in [0.1, 0.15) is 6.10 Å². The highest BCUT2D eigenvalue weighted by atomic mass is 16.5. The Hall–Kier alpha value is -1.04. The molecule has 3 saturated carbocycles. The first kappa shape index (κ1) is 29.5. The molecule has 3 aliphatic rings. The van der Waals surface area contributed by atoms with Gasteiger partial charge < -0.3 is 4.74 Å². The number of nitriles is 1. The highest BCUT2D eigenvalue weighted by Crippen LogP contribution is 2.44. The van der Waals surface area contributed by atoms with Crippen molar-refractivity contribution in [3.05, 3.63) is 0 Å². The van der Waals surface area contributed by atoms with E-state index in [9.17, 15) is 10.1 Å². The summed E-state index contributed by atoms with van der Waals surface area (Å²) in [6.45, 7) is 4.54. The Labute approximate surface area is 223 Å². The molecule has 0 amide bonds. The van der Waals surface area contributed by atoms with Crippen molar-refractivity contribution in [2.75, 3.05) is 0 Å². The molecule has 0 aliphatic heterocycles. The van der Waals surface area contributed by atoms with Gasteiger partial charge in [0.15, 0.2) is 0 Å². The maximum Gasteiger partial charge on any atom is 0.309 e. The third kappa shape index (κ3) is 9.36. The van der Waals surface area contributed by atoms with Crippen molar-refractivity contribution < 1.29 is 9.53 Å². The molecule has 3 nitrogen and oxygen atoms in total. The summed E-state index contributed by atoms with van der Waals surface area (Å²) in [5.41, 5.74) is -0.165. The van der Waals surface area contributed by atoms with E-state index >= 15 is 0 Å². The first-order chi connectivity index (χ1) is 17.6. The number of unbranched alkanes of at least 4 members (excludes halogenated alkanes) is 7. The summed E-state index contributed by atoms with van der Waals surface area (Å²) in [7, 11) is 0. The Bertz CT molecular complexity index is 643. The highest BCUT2D eigenvalue weighted by molar-refractivity contribution is 5.72. The quantitative estimate of drug-likeness (QED) is 0.176. The zero-order valence-electron chi connectivity index (χ0n) is 23.9. The fourth-order valence-corrected chi connectivity index (χ4v) is 7.64. The van der Waals surface area contributed by atoms with Gasteiger partial charge in [-0.2, -0.15) is 5.26 Å². The molecule has 0 aromatic rings. The van der Waals surface area contributed by atoms with Crippen LogP contribution in [0.15, 0.2) is 0 Å². The molecular formula is C33H57NO2. The average Bonchev–Trinajstić information content (AvgIpc) is 2.92. The normalized spacial score (nSPS) is 33.1. The van der Waals surface area contributed by atoms with Crippen LogP contribution in [-0.2, 0) is 9.53 Å². The Balaban J connectivity index is 1.30. The van der Waals surface area contributed by atoms with E-state index in [-0.39, 0.29) is 23.4 Å². The minimum Gasteiger partial charge on any atom is -0.462 e. The van der Waals surface area contributed by atoms with Gasteiger partial charge in [-0.15, -0.1) is 0 Å². The summed E-state index contributed by atoms with van der Waals surface area (Å²) in [4.78, 5) is 13.0. The molecule has 3 rings (SSSR count). The summed E-state index contributed by atoms with van der Waals surface area (Å²) in [6.07, 6.45) is 28.3. The number of hydrogen-bond donors (Lipinski definition) is 0. The number of hydrogen-bond acceptors (Lipinski definition) is 3. The first-order valence-corrected chi connectivity index (χ1v) is 16.2. The molecule has 3 aliphatic carbocycles.